The van der Waals surface area contributed by atoms with Crippen molar-refractivity contribution in [2.75, 3.05) is 42.9 Å². The molecule has 32 heavy (non-hydrogen) atoms. The minimum Gasteiger partial charge on any atom is -0.344 e. The Morgan fingerprint density at radius 2 is 1.78 bits per heavy atom. The lowest BCUT2D eigenvalue weighted by molar-refractivity contribution is -0.117. The van der Waals surface area contributed by atoms with Gasteiger partial charge in [0.05, 0.1) is 18.4 Å². The summed E-state index contributed by atoms with van der Waals surface area (Å²) in [5.74, 6) is -0.259. The van der Waals surface area contributed by atoms with Gasteiger partial charge in [0.25, 0.3) is 0 Å². The fraction of sp³-hybridized carbons (Fsp3) is 0.261. The van der Waals surface area contributed by atoms with Crippen LogP contribution < -0.4 is 10.2 Å². The molecule has 1 amide bonds. The minimum absolute atomic E-state index is 0.00310. The summed E-state index contributed by atoms with van der Waals surface area (Å²) in [6.45, 7) is 5.60. The van der Waals surface area contributed by atoms with Crippen molar-refractivity contribution in [3.05, 3.63) is 66.1 Å². The molecular weight excluding hydrogens is 427 g/mol. The molecule has 5 rings (SSSR count). The van der Waals surface area contributed by atoms with Crippen molar-refractivity contribution in [3.63, 3.8) is 0 Å². The molecule has 0 bridgehead atoms. The summed E-state index contributed by atoms with van der Waals surface area (Å²) < 4.78 is 14.9. The van der Waals surface area contributed by atoms with Crippen LogP contribution in [0.1, 0.15) is 5.56 Å². The van der Waals surface area contributed by atoms with Gasteiger partial charge in [-0.15, -0.1) is 5.10 Å². The van der Waals surface area contributed by atoms with Crippen molar-refractivity contribution >= 4 is 33.0 Å². The van der Waals surface area contributed by atoms with E-state index in [0.717, 1.165) is 53.2 Å². The maximum atomic E-state index is 13.1. The summed E-state index contributed by atoms with van der Waals surface area (Å²) >= 11 is 1.54. The molecule has 0 unspecified atom stereocenters. The van der Waals surface area contributed by atoms with Gasteiger partial charge in [0.2, 0.25) is 16.0 Å². The molecule has 4 aromatic rings. The number of halogens is 1. The third-order valence-electron chi connectivity index (χ3n) is 5.52. The molecule has 3 heterocycles. The van der Waals surface area contributed by atoms with Crippen LogP contribution in [0.2, 0.25) is 0 Å². The minimum atomic E-state index is -0.262. The topological polar surface area (TPSA) is 65.8 Å². The summed E-state index contributed by atoms with van der Waals surface area (Å²) in [4.78, 5) is 22.2. The van der Waals surface area contributed by atoms with Crippen molar-refractivity contribution in [1.82, 2.24) is 19.5 Å². The molecule has 2 aromatic heterocycles. The number of aryl methyl sites for hydroxylation is 1. The number of carbonyl (C=O) groups is 1. The number of carbonyl (C=O) groups excluding carboxylic acids is 1. The maximum absolute atomic E-state index is 13.1. The zero-order valence-corrected chi connectivity index (χ0v) is 18.5. The fourth-order valence-corrected chi connectivity index (χ4v) is 4.65. The predicted molar refractivity (Wildman–Crippen MR) is 125 cm³/mol. The standard InChI is InChI=1S/C23H23FN6OS/c1-16-2-8-19(9-3-16)25-21(31)15-28-10-12-29(13-11-28)23-27-30-14-20(26-22(30)32-23)17-4-6-18(24)7-5-17/h2-9,14H,10-13,15H2,1H3,(H,25,31). The first-order valence-electron chi connectivity index (χ1n) is 10.5. The number of imidazole rings is 1. The Labute approximate surface area is 189 Å². The van der Waals surface area contributed by atoms with Gasteiger partial charge in [-0.05, 0) is 43.3 Å². The molecule has 2 aromatic carbocycles. The van der Waals surface area contributed by atoms with Gasteiger partial charge in [0.15, 0.2) is 0 Å². The van der Waals surface area contributed by atoms with E-state index < -0.39 is 0 Å². The number of rotatable bonds is 5. The number of amides is 1. The smallest absolute Gasteiger partial charge is 0.238 e. The van der Waals surface area contributed by atoms with E-state index in [2.05, 4.69) is 25.2 Å². The highest BCUT2D eigenvalue weighted by atomic mass is 32.1. The molecule has 7 nitrogen and oxygen atoms in total. The molecule has 164 valence electrons. The molecule has 0 saturated carbocycles. The lowest BCUT2D eigenvalue weighted by atomic mass is 10.2. The average molecular weight is 451 g/mol. The van der Waals surface area contributed by atoms with E-state index >= 15 is 0 Å². The number of hydrogen-bond acceptors (Lipinski definition) is 6. The Kier molecular flexibility index (Phi) is 5.59. The van der Waals surface area contributed by atoms with Crippen LogP contribution in [0.4, 0.5) is 15.2 Å². The van der Waals surface area contributed by atoms with Gasteiger partial charge in [-0.2, -0.15) is 0 Å². The van der Waals surface area contributed by atoms with Crippen molar-refractivity contribution in [1.29, 1.82) is 0 Å². The summed E-state index contributed by atoms with van der Waals surface area (Å²) in [6.07, 6.45) is 1.87. The number of aromatic nitrogens is 3. The first-order chi connectivity index (χ1) is 15.5. The van der Waals surface area contributed by atoms with E-state index in [9.17, 15) is 9.18 Å². The second-order valence-corrected chi connectivity index (χ2v) is 8.86. The summed E-state index contributed by atoms with van der Waals surface area (Å²) in [7, 11) is 0. The van der Waals surface area contributed by atoms with Crippen molar-refractivity contribution in [2.45, 2.75) is 6.92 Å². The summed E-state index contributed by atoms with van der Waals surface area (Å²) in [6, 6.07) is 14.1. The van der Waals surface area contributed by atoms with E-state index in [-0.39, 0.29) is 11.7 Å². The Hall–Kier alpha value is -3.30. The van der Waals surface area contributed by atoms with Crippen LogP contribution in [0.3, 0.4) is 0 Å². The molecule has 1 aliphatic rings. The van der Waals surface area contributed by atoms with Gasteiger partial charge < -0.3 is 10.2 Å². The Bertz CT molecular complexity index is 1190. The predicted octanol–water partition coefficient (Wildman–Crippen LogP) is 3.67. The van der Waals surface area contributed by atoms with Gasteiger partial charge in [-0.3, -0.25) is 9.69 Å². The molecule has 1 N–H and O–H groups in total. The zero-order chi connectivity index (χ0) is 22.1. The van der Waals surface area contributed by atoms with E-state index in [1.165, 1.54) is 29.0 Å². The summed E-state index contributed by atoms with van der Waals surface area (Å²) in [5.41, 5.74) is 3.63. The lowest BCUT2D eigenvalue weighted by Crippen LogP contribution is -2.48. The number of piperazine rings is 1. The second kappa shape index (κ2) is 8.68. The number of nitrogens with one attached hydrogen (secondary N) is 1. The average Bonchev–Trinajstić information content (AvgIpc) is 3.36. The van der Waals surface area contributed by atoms with Crippen molar-refractivity contribution in [2.24, 2.45) is 0 Å². The van der Waals surface area contributed by atoms with Gasteiger partial charge >= 0.3 is 0 Å². The lowest BCUT2D eigenvalue weighted by Gasteiger charge is -2.33. The van der Waals surface area contributed by atoms with E-state index in [0.29, 0.717) is 6.54 Å². The van der Waals surface area contributed by atoms with Crippen molar-refractivity contribution in [3.8, 4) is 11.3 Å². The molecular formula is C23H23FN6OS. The van der Waals surface area contributed by atoms with Crippen LogP contribution in [0.5, 0.6) is 0 Å². The first-order valence-corrected chi connectivity index (χ1v) is 11.3. The fourth-order valence-electron chi connectivity index (χ4n) is 3.71. The van der Waals surface area contributed by atoms with Crippen LogP contribution in [-0.2, 0) is 4.79 Å². The first kappa shape index (κ1) is 20.6. The Morgan fingerprint density at radius 3 is 2.47 bits per heavy atom. The van der Waals surface area contributed by atoms with Crippen LogP contribution in [0.25, 0.3) is 16.2 Å². The molecule has 1 saturated heterocycles. The number of nitrogens with zero attached hydrogens (tertiary/aromatic N) is 5. The molecule has 0 aliphatic carbocycles. The molecule has 1 aliphatic heterocycles. The van der Waals surface area contributed by atoms with Crippen LogP contribution >= 0.6 is 11.3 Å². The van der Waals surface area contributed by atoms with Gasteiger partial charge in [-0.25, -0.2) is 13.9 Å². The number of benzene rings is 2. The Morgan fingerprint density at radius 1 is 1.06 bits per heavy atom. The zero-order valence-electron chi connectivity index (χ0n) is 17.7. The normalized spacial score (nSPS) is 14.8. The summed E-state index contributed by atoms with van der Waals surface area (Å²) in [5, 5.41) is 8.55. The Balaban J connectivity index is 1.17. The molecule has 0 spiro atoms. The largest absolute Gasteiger partial charge is 0.344 e. The quantitative estimate of drug-likeness (QED) is 0.503. The molecule has 0 atom stereocenters. The molecule has 0 radical (unpaired) electrons. The molecule has 1 fully saturated rings. The molecule has 9 heteroatoms. The third-order valence-corrected chi connectivity index (χ3v) is 6.50. The highest BCUT2D eigenvalue weighted by molar-refractivity contribution is 7.20. The van der Waals surface area contributed by atoms with Crippen LogP contribution in [0.15, 0.2) is 54.7 Å². The van der Waals surface area contributed by atoms with Crippen molar-refractivity contribution < 1.29 is 9.18 Å². The highest BCUT2D eigenvalue weighted by Gasteiger charge is 2.22. The van der Waals surface area contributed by atoms with Gasteiger partial charge in [-0.1, -0.05) is 29.0 Å². The second-order valence-electron chi connectivity index (χ2n) is 7.92. The SMILES string of the molecule is Cc1ccc(NC(=O)CN2CCN(c3nn4cc(-c5ccc(F)cc5)nc4s3)CC2)cc1. The monoisotopic (exact) mass is 450 g/mol. The van der Waals surface area contributed by atoms with E-state index in [4.69, 9.17) is 0 Å². The van der Waals surface area contributed by atoms with E-state index in [1.54, 1.807) is 16.6 Å². The number of anilines is 2. The van der Waals surface area contributed by atoms with Gasteiger partial charge in [0.1, 0.15) is 5.82 Å². The third kappa shape index (κ3) is 4.49. The number of hydrogen-bond donors (Lipinski definition) is 1. The van der Waals surface area contributed by atoms with Crippen LogP contribution in [-0.4, -0.2) is 58.1 Å². The van der Waals surface area contributed by atoms with Crippen LogP contribution in [0, 0.1) is 12.7 Å². The highest BCUT2D eigenvalue weighted by Crippen LogP contribution is 2.27. The van der Waals surface area contributed by atoms with E-state index in [1.807, 2.05) is 37.4 Å². The maximum Gasteiger partial charge on any atom is 0.238 e. The van der Waals surface area contributed by atoms with Gasteiger partial charge in [0, 0.05) is 37.4 Å². The number of fused-ring (bicyclic) bond motifs is 1.